The zero-order valence-electron chi connectivity index (χ0n) is 14.5. The lowest BCUT2D eigenvalue weighted by Gasteiger charge is -2.17. The number of carbonyl (C=O) groups is 1. The Hall–Kier alpha value is -1.44. The number of amides is 1. The number of carbonyl (C=O) groups excluding carboxylic acids is 1. The topological polar surface area (TPSA) is 101 Å². The van der Waals surface area contributed by atoms with Crippen molar-refractivity contribution >= 4 is 15.9 Å². The fourth-order valence-corrected chi connectivity index (χ4v) is 4.49. The average molecular weight is 365 g/mol. The summed E-state index contributed by atoms with van der Waals surface area (Å²) >= 11 is 0. The molecular weight excluding hydrogens is 338 g/mol. The van der Waals surface area contributed by atoms with E-state index in [9.17, 15) is 13.2 Å². The molecule has 0 heterocycles. The summed E-state index contributed by atoms with van der Waals surface area (Å²) in [7, 11) is -3.58. The summed E-state index contributed by atoms with van der Waals surface area (Å²) in [6.45, 7) is 0.518. The lowest BCUT2D eigenvalue weighted by molar-refractivity contribution is -0.121. The van der Waals surface area contributed by atoms with E-state index in [1.165, 1.54) is 5.56 Å². The minimum absolute atomic E-state index is 0.0183. The van der Waals surface area contributed by atoms with Crippen LogP contribution in [0.2, 0.25) is 0 Å². The summed E-state index contributed by atoms with van der Waals surface area (Å²) in [5, 5.41) is 2.90. The number of rotatable bonds is 8. The third-order valence-corrected chi connectivity index (χ3v) is 6.52. The van der Waals surface area contributed by atoms with E-state index in [-0.39, 0.29) is 29.8 Å². The van der Waals surface area contributed by atoms with E-state index in [0.717, 1.165) is 44.1 Å². The molecule has 0 bridgehead atoms. The fraction of sp³-hybridized carbons (Fsp3) is 0.611. The van der Waals surface area contributed by atoms with Crippen LogP contribution in [-0.2, 0) is 27.7 Å². The summed E-state index contributed by atoms with van der Waals surface area (Å²) in [6.07, 6.45) is 6.55. The highest BCUT2D eigenvalue weighted by Gasteiger charge is 2.31. The van der Waals surface area contributed by atoms with Gasteiger partial charge in [0.25, 0.3) is 0 Å². The molecule has 0 spiro atoms. The molecule has 4 N–H and O–H groups in total. The molecular formula is C18H27N3O3S. The van der Waals surface area contributed by atoms with Gasteiger partial charge in [0.15, 0.2) is 0 Å². The molecule has 1 aromatic carbocycles. The molecule has 25 heavy (non-hydrogen) atoms. The Bertz CT molecular complexity index is 729. The summed E-state index contributed by atoms with van der Waals surface area (Å²) in [6, 6.07) is 5.36. The van der Waals surface area contributed by atoms with Crippen molar-refractivity contribution in [3.05, 3.63) is 29.3 Å². The number of sulfonamides is 1. The molecule has 1 fully saturated rings. The zero-order valence-corrected chi connectivity index (χ0v) is 15.3. The van der Waals surface area contributed by atoms with Gasteiger partial charge in [0.2, 0.25) is 15.9 Å². The molecule has 0 aromatic heterocycles. The van der Waals surface area contributed by atoms with Crippen LogP contribution >= 0.6 is 0 Å². The van der Waals surface area contributed by atoms with Gasteiger partial charge in [-0.15, -0.1) is 0 Å². The van der Waals surface area contributed by atoms with Gasteiger partial charge in [-0.1, -0.05) is 6.07 Å². The monoisotopic (exact) mass is 365 g/mol. The fourth-order valence-electron chi connectivity index (χ4n) is 3.41. The van der Waals surface area contributed by atoms with Gasteiger partial charge in [0.05, 0.1) is 4.90 Å². The second-order valence-electron chi connectivity index (χ2n) is 7.03. The van der Waals surface area contributed by atoms with Crippen LogP contribution in [0.5, 0.6) is 0 Å². The van der Waals surface area contributed by atoms with Gasteiger partial charge in [0.1, 0.15) is 0 Å². The molecule has 1 unspecified atom stereocenters. The molecule has 1 saturated carbocycles. The Morgan fingerprint density at radius 3 is 2.60 bits per heavy atom. The van der Waals surface area contributed by atoms with Gasteiger partial charge in [-0.3, -0.25) is 4.79 Å². The normalized spacial score (nSPS) is 18.4. The number of hydrogen-bond donors (Lipinski definition) is 3. The minimum Gasteiger partial charge on any atom is -0.352 e. The van der Waals surface area contributed by atoms with Crippen molar-refractivity contribution in [2.45, 2.75) is 55.9 Å². The van der Waals surface area contributed by atoms with E-state index in [1.807, 2.05) is 6.07 Å². The molecule has 1 aromatic rings. The molecule has 0 saturated heterocycles. The van der Waals surface area contributed by atoms with E-state index in [0.29, 0.717) is 12.5 Å². The predicted octanol–water partition coefficient (Wildman–Crippen LogP) is 1.09. The lowest BCUT2D eigenvalue weighted by Crippen LogP contribution is -2.42. The first-order chi connectivity index (χ1) is 12.0. The molecule has 7 heteroatoms. The van der Waals surface area contributed by atoms with Crippen molar-refractivity contribution in [3.63, 3.8) is 0 Å². The molecule has 1 amide bonds. The maximum absolute atomic E-state index is 12.4. The first-order valence-electron chi connectivity index (χ1n) is 9.10. The molecule has 1 atom stereocenters. The van der Waals surface area contributed by atoms with Crippen LogP contribution in [0.4, 0.5) is 0 Å². The summed E-state index contributed by atoms with van der Waals surface area (Å²) in [4.78, 5) is 12.2. The highest BCUT2D eigenvalue weighted by molar-refractivity contribution is 7.89. The highest BCUT2D eigenvalue weighted by Crippen LogP contribution is 2.32. The number of fused-ring (bicyclic) bond motifs is 1. The Labute approximate surface area is 149 Å². The van der Waals surface area contributed by atoms with Crippen LogP contribution in [0.25, 0.3) is 0 Å². The van der Waals surface area contributed by atoms with E-state index in [2.05, 4.69) is 10.0 Å². The molecule has 2 aliphatic rings. The van der Waals surface area contributed by atoms with Crippen molar-refractivity contribution in [2.75, 3.05) is 13.1 Å². The zero-order chi connectivity index (χ0) is 17.9. The van der Waals surface area contributed by atoms with Crippen LogP contribution in [-0.4, -0.2) is 33.5 Å². The third-order valence-electron chi connectivity index (χ3n) is 5.07. The Balaban J connectivity index is 1.52. The van der Waals surface area contributed by atoms with Gasteiger partial charge in [0, 0.05) is 25.6 Å². The van der Waals surface area contributed by atoms with Crippen molar-refractivity contribution in [1.29, 1.82) is 0 Å². The largest absolute Gasteiger partial charge is 0.352 e. The lowest BCUT2D eigenvalue weighted by atomic mass is 9.92. The quantitative estimate of drug-likeness (QED) is 0.642. The van der Waals surface area contributed by atoms with Crippen LogP contribution < -0.4 is 15.8 Å². The maximum Gasteiger partial charge on any atom is 0.240 e. The van der Waals surface area contributed by atoms with Gasteiger partial charge in [-0.05, 0) is 67.7 Å². The molecule has 0 radical (unpaired) electrons. The Morgan fingerprint density at radius 2 is 1.92 bits per heavy atom. The van der Waals surface area contributed by atoms with Crippen molar-refractivity contribution < 1.29 is 13.2 Å². The molecule has 3 rings (SSSR count). The summed E-state index contributed by atoms with van der Waals surface area (Å²) in [5.74, 6) is 0.330. The van der Waals surface area contributed by atoms with Gasteiger partial charge >= 0.3 is 0 Å². The van der Waals surface area contributed by atoms with Crippen LogP contribution in [0.1, 0.15) is 43.2 Å². The maximum atomic E-state index is 12.4. The predicted molar refractivity (Wildman–Crippen MR) is 96.6 cm³/mol. The van der Waals surface area contributed by atoms with Crippen molar-refractivity contribution in [3.8, 4) is 0 Å². The van der Waals surface area contributed by atoms with E-state index >= 15 is 0 Å². The van der Waals surface area contributed by atoms with Crippen molar-refractivity contribution in [2.24, 2.45) is 11.7 Å². The third kappa shape index (κ3) is 4.80. The van der Waals surface area contributed by atoms with Gasteiger partial charge in [-0.25, -0.2) is 13.1 Å². The number of hydrogen-bond acceptors (Lipinski definition) is 4. The van der Waals surface area contributed by atoms with E-state index in [1.54, 1.807) is 12.1 Å². The van der Waals surface area contributed by atoms with Crippen LogP contribution in [0, 0.1) is 5.92 Å². The number of aryl methyl sites for hydroxylation is 2. The van der Waals surface area contributed by atoms with Gasteiger partial charge < -0.3 is 11.1 Å². The molecule has 138 valence electrons. The van der Waals surface area contributed by atoms with E-state index in [4.69, 9.17) is 5.73 Å². The summed E-state index contributed by atoms with van der Waals surface area (Å²) < 4.78 is 27.4. The number of nitrogens with two attached hydrogens (primary N) is 1. The SMILES string of the molecule is NCC(NC(=O)CCNS(=O)(=O)c1ccc2c(c1)CCCC2)C1CC1. The second kappa shape index (κ2) is 7.85. The minimum atomic E-state index is -3.58. The number of benzene rings is 1. The standard InChI is InChI=1S/C18H27N3O3S/c19-12-17(14-5-6-14)21-18(22)9-10-20-25(23,24)16-8-7-13-3-1-2-4-15(13)11-16/h7-8,11,14,17,20H,1-6,9-10,12,19H2,(H,21,22). The van der Waals surface area contributed by atoms with Gasteiger partial charge in [-0.2, -0.15) is 0 Å². The Kier molecular flexibility index (Phi) is 5.76. The molecule has 2 aliphatic carbocycles. The smallest absolute Gasteiger partial charge is 0.240 e. The van der Waals surface area contributed by atoms with E-state index < -0.39 is 10.0 Å². The number of nitrogens with one attached hydrogen (secondary N) is 2. The molecule has 6 nitrogen and oxygen atoms in total. The van der Waals surface area contributed by atoms with Crippen molar-refractivity contribution in [1.82, 2.24) is 10.0 Å². The Morgan fingerprint density at radius 1 is 1.20 bits per heavy atom. The average Bonchev–Trinajstić information content (AvgIpc) is 3.44. The highest BCUT2D eigenvalue weighted by atomic mass is 32.2. The summed E-state index contributed by atoms with van der Waals surface area (Å²) in [5.41, 5.74) is 8.04. The molecule has 0 aliphatic heterocycles. The van der Waals surface area contributed by atoms with Crippen LogP contribution in [0.3, 0.4) is 0 Å². The van der Waals surface area contributed by atoms with Crippen LogP contribution in [0.15, 0.2) is 23.1 Å². The second-order valence-corrected chi connectivity index (χ2v) is 8.80. The first-order valence-corrected chi connectivity index (χ1v) is 10.6. The first kappa shape index (κ1) is 18.4.